The van der Waals surface area contributed by atoms with Gasteiger partial charge in [-0.25, -0.2) is 9.59 Å². The van der Waals surface area contributed by atoms with Gasteiger partial charge in [0, 0.05) is 0 Å². The van der Waals surface area contributed by atoms with Gasteiger partial charge in [0.1, 0.15) is 12.5 Å². The summed E-state index contributed by atoms with van der Waals surface area (Å²) in [4.78, 5) is 18.3. The molecule has 0 bridgehead atoms. The van der Waals surface area contributed by atoms with E-state index in [0.717, 1.165) is 0 Å². The second-order valence-electron chi connectivity index (χ2n) is 1.04. The first-order valence-electron chi connectivity index (χ1n) is 2.07. The molecule has 0 aliphatic carbocycles. The fourth-order valence-electron chi connectivity index (χ4n) is 0.194. The van der Waals surface area contributed by atoms with Crippen LogP contribution in [0.25, 0.3) is 0 Å². The summed E-state index contributed by atoms with van der Waals surface area (Å²) in [5.74, 6) is -0.657. The Bertz CT molecular complexity index is 211. The molecule has 1 aromatic rings. The van der Waals surface area contributed by atoms with E-state index in [-0.39, 0.29) is 0 Å². The molecule has 56 valence electrons. The van der Waals surface area contributed by atoms with E-state index in [0.29, 0.717) is 0 Å². The highest BCUT2D eigenvalue weighted by molar-refractivity contribution is 5.53. The first kappa shape index (κ1) is 8.28. The third-order valence-electron chi connectivity index (χ3n) is 0.384. The Labute approximate surface area is 54.3 Å². The summed E-state index contributed by atoms with van der Waals surface area (Å²) < 4.78 is 8.22. The average Bonchev–Trinajstić information content (AvgIpc) is 2.15. The SMILES string of the molecule is O=C(O)O.O=c1occo1. The fraction of sp³-hybridized carbons (Fsp3) is 0. The molecule has 0 aromatic carbocycles. The highest BCUT2D eigenvalue weighted by Gasteiger charge is 1.77. The van der Waals surface area contributed by atoms with E-state index in [4.69, 9.17) is 15.0 Å². The summed E-state index contributed by atoms with van der Waals surface area (Å²) in [5, 5.41) is 13.9. The quantitative estimate of drug-likeness (QED) is 0.554. The van der Waals surface area contributed by atoms with Crippen LogP contribution in [0.5, 0.6) is 0 Å². The zero-order valence-electron chi connectivity index (χ0n) is 4.68. The predicted octanol–water partition coefficient (Wildman–Crippen LogP) is 0.455. The van der Waals surface area contributed by atoms with Gasteiger partial charge in [-0.15, -0.1) is 0 Å². The summed E-state index contributed by atoms with van der Waals surface area (Å²) in [6.45, 7) is 0. The normalized spacial score (nSPS) is 7.60. The van der Waals surface area contributed by atoms with Crippen LogP contribution in [0.3, 0.4) is 0 Å². The maximum Gasteiger partial charge on any atom is 0.518 e. The second kappa shape index (κ2) is 4.19. The molecule has 0 aliphatic heterocycles. The summed E-state index contributed by atoms with van der Waals surface area (Å²) in [6, 6.07) is 0. The van der Waals surface area contributed by atoms with Crippen molar-refractivity contribution in [2.24, 2.45) is 0 Å². The van der Waals surface area contributed by atoms with Crippen molar-refractivity contribution in [1.29, 1.82) is 0 Å². The smallest absolute Gasteiger partial charge is 0.450 e. The summed E-state index contributed by atoms with van der Waals surface area (Å²) in [5.41, 5.74) is 0. The van der Waals surface area contributed by atoms with Crippen LogP contribution < -0.4 is 5.82 Å². The van der Waals surface area contributed by atoms with Crippen LogP contribution >= 0.6 is 0 Å². The van der Waals surface area contributed by atoms with Crippen molar-refractivity contribution >= 4 is 6.16 Å². The minimum atomic E-state index is -1.83. The Kier molecular flexibility index (Phi) is 3.47. The number of hydrogen-bond donors (Lipinski definition) is 2. The van der Waals surface area contributed by atoms with E-state index < -0.39 is 12.0 Å². The fourth-order valence-corrected chi connectivity index (χ4v) is 0.194. The van der Waals surface area contributed by atoms with Crippen molar-refractivity contribution in [3.63, 3.8) is 0 Å². The molecule has 2 N–H and O–H groups in total. The summed E-state index contributed by atoms with van der Waals surface area (Å²) in [6.07, 6.45) is 0.532. The van der Waals surface area contributed by atoms with Crippen LogP contribution in [0.15, 0.2) is 26.2 Å². The molecule has 1 aromatic heterocycles. The molecule has 1 heterocycles. The van der Waals surface area contributed by atoms with E-state index >= 15 is 0 Å². The van der Waals surface area contributed by atoms with Crippen LogP contribution in [-0.2, 0) is 0 Å². The molecule has 0 radical (unpaired) electrons. The molecule has 0 spiro atoms. The Balaban J connectivity index is 0.000000180. The van der Waals surface area contributed by atoms with E-state index in [9.17, 15) is 4.79 Å². The lowest BCUT2D eigenvalue weighted by atomic mass is 11.1. The molecule has 0 unspecified atom stereocenters. The standard InChI is InChI=1S/C3H2O3.CH2O3/c4-3-5-1-2-6-3;2-1(3)4/h1-2H;(H2,2,3,4). The van der Waals surface area contributed by atoms with Gasteiger partial charge in [0.2, 0.25) is 0 Å². The van der Waals surface area contributed by atoms with E-state index in [2.05, 4.69) is 8.83 Å². The number of rotatable bonds is 0. The minimum absolute atomic E-state index is 0.657. The molecular formula is C4H4O6. The Hall–Kier alpha value is -1.72. The van der Waals surface area contributed by atoms with Gasteiger partial charge >= 0.3 is 12.0 Å². The first-order valence-corrected chi connectivity index (χ1v) is 2.07. The van der Waals surface area contributed by atoms with Crippen LogP contribution in [0, 0.1) is 0 Å². The first-order chi connectivity index (χ1) is 4.63. The zero-order valence-corrected chi connectivity index (χ0v) is 4.68. The third kappa shape index (κ3) is 6.28. The maximum atomic E-state index is 9.74. The molecule has 0 aliphatic rings. The lowest BCUT2D eigenvalue weighted by molar-refractivity contribution is 0.137. The number of carbonyl (C=O) groups is 1. The molecule has 0 saturated heterocycles. The molecule has 0 fully saturated rings. The maximum absolute atomic E-state index is 9.74. The number of hydrogen-bond acceptors (Lipinski definition) is 4. The van der Waals surface area contributed by atoms with E-state index in [1.807, 2.05) is 0 Å². The van der Waals surface area contributed by atoms with Crippen molar-refractivity contribution < 1.29 is 23.8 Å². The summed E-state index contributed by atoms with van der Waals surface area (Å²) in [7, 11) is 0. The molecule has 0 saturated carbocycles. The van der Waals surface area contributed by atoms with Gasteiger partial charge in [-0.05, 0) is 0 Å². The van der Waals surface area contributed by atoms with Crippen molar-refractivity contribution in [3.8, 4) is 0 Å². The molecule has 6 nitrogen and oxygen atoms in total. The third-order valence-corrected chi connectivity index (χ3v) is 0.384. The molecule has 1 rings (SSSR count). The monoisotopic (exact) mass is 148 g/mol. The van der Waals surface area contributed by atoms with E-state index in [1.54, 1.807) is 0 Å². The van der Waals surface area contributed by atoms with Crippen molar-refractivity contribution in [2.75, 3.05) is 0 Å². The molecule has 0 amide bonds. The predicted molar refractivity (Wildman–Crippen MR) is 27.9 cm³/mol. The van der Waals surface area contributed by atoms with Gasteiger partial charge in [0.25, 0.3) is 0 Å². The van der Waals surface area contributed by atoms with Crippen molar-refractivity contribution in [2.45, 2.75) is 0 Å². The van der Waals surface area contributed by atoms with Gasteiger partial charge in [-0.1, -0.05) is 0 Å². The van der Waals surface area contributed by atoms with Gasteiger partial charge in [-0.2, -0.15) is 0 Å². The average molecular weight is 148 g/mol. The van der Waals surface area contributed by atoms with Gasteiger partial charge < -0.3 is 19.0 Å². The van der Waals surface area contributed by atoms with Crippen LogP contribution in [0.1, 0.15) is 0 Å². The number of carboxylic acid groups (broad SMARTS) is 2. The highest BCUT2D eigenvalue weighted by atomic mass is 16.6. The summed E-state index contributed by atoms with van der Waals surface area (Å²) >= 11 is 0. The highest BCUT2D eigenvalue weighted by Crippen LogP contribution is 1.70. The molecule has 10 heavy (non-hydrogen) atoms. The Morgan fingerprint density at radius 3 is 1.70 bits per heavy atom. The topological polar surface area (TPSA) is 101 Å². The Morgan fingerprint density at radius 2 is 1.60 bits per heavy atom. The minimum Gasteiger partial charge on any atom is -0.450 e. The lowest BCUT2D eigenvalue weighted by Gasteiger charge is -1.60. The van der Waals surface area contributed by atoms with E-state index in [1.165, 1.54) is 12.5 Å². The molecular weight excluding hydrogens is 144 g/mol. The molecule has 6 heteroatoms. The second-order valence-corrected chi connectivity index (χ2v) is 1.04. The van der Waals surface area contributed by atoms with Crippen molar-refractivity contribution in [1.82, 2.24) is 0 Å². The van der Waals surface area contributed by atoms with Gasteiger partial charge in [-0.3, -0.25) is 0 Å². The largest absolute Gasteiger partial charge is 0.518 e. The van der Waals surface area contributed by atoms with Gasteiger partial charge in [0.15, 0.2) is 0 Å². The van der Waals surface area contributed by atoms with Gasteiger partial charge in [0.05, 0.1) is 0 Å². The molecule has 0 atom stereocenters. The lowest BCUT2D eigenvalue weighted by Crippen LogP contribution is -1.83. The Morgan fingerprint density at radius 1 is 1.30 bits per heavy atom. The van der Waals surface area contributed by atoms with Crippen LogP contribution in [-0.4, -0.2) is 16.4 Å². The van der Waals surface area contributed by atoms with Crippen LogP contribution in [0.4, 0.5) is 4.79 Å². The van der Waals surface area contributed by atoms with Crippen LogP contribution in [0.2, 0.25) is 0 Å². The van der Waals surface area contributed by atoms with Crippen molar-refractivity contribution in [3.05, 3.63) is 23.1 Å². The zero-order chi connectivity index (χ0) is 7.98.